The van der Waals surface area contributed by atoms with Crippen molar-refractivity contribution in [2.75, 3.05) is 0 Å². The highest BCUT2D eigenvalue weighted by Gasteiger charge is 2.57. The molecule has 1 N–H and O–H groups in total. The third-order valence-electron chi connectivity index (χ3n) is 3.94. The molecule has 1 saturated carbocycles. The van der Waals surface area contributed by atoms with Gasteiger partial charge in [-0.2, -0.15) is 0 Å². The molecule has 0 unspecified atom stereocenters. The molecule has 3 nitrogen and oxygen atoms in total. The molecule has 90 valence electrons. The van der Waals surface area contributed by atoms with Crippen LogP contribution in [0.5, 0.6) is 0 Å². The number of hydrogen-bond donors (Lipinski definition) is 1. The van der Waals surface area contributed by atoms with Crippen molar-refractivity contribution in [1.82, 2.24) is 10.3 Å². The third kappa shape index (κ3) is 2.16. The minimum atomic E-state index is 0.0412. The van der Waals surface area contributed by atoms with Crippen LogP contribution in [0, 0.1) is 5.41 Å². The highest BCUT2D eigenvalue weighted by atomic mass is 79.9. The van der Waals surface area contributed by atoms with E-state index in [1.165, 1.54) is 6.42 Å². The first-order chi connectivity index (χ1) is 8.07. The van der Waals surface area contributed by atoms with Crippen LogP contribution in [0.1, 0.15) is 25.5 Å². The van der Waals surface area contributed by atoms with Crippen molar-refractivity contribution in [3.63, 3.8) is 0 Å². The van der Waals surface area contributed by atoms with E-state index in [2.05, 4.69) is 33.2 Å². The maximum Gasteiger partial charge on any atom is 0.155 e. The number of ketones is 1. The Hall–Kier alpha value is -0.740. The number of hydrogen-bond acceptors (Lipinski definition) is 3. The Morgan fingerprint density at radius 2 is 2.41 bits per heavy atom. The van der Waals surface area contributed by atoms with E-state index in [4.69, 9.17) is 0 Å². The molecule has 1 aromatic rings. The number of Topliss-reactive ketones (excluding diaryl/α,β-unsaturated/α-hetero) is 1. The van der Waals surface area contributed by atoms with Gasteiger partial charge in [0, 0.05) is 11.7 Å². The van der Waals surface area contributed by atoms with Crippen LogP contribution >= 0.6 is 15.9 Å². The quantitative estimate of drug-likeness (QED) is 0.868. The summed E-state index contributed by atoms with van der Waals surface area (Å²) in [5.41, 5.74) is 1.24. The van der Waals surface area contributed by atoms with Gasteiger partial charge in [-0.05, 0) is 46.3 Å². The Balaban J connectivity index is 1.64. The molecule has 4 heteroatoms. The van der Waals surface area contributed by atoms with Crippen LogP contribution in [0.3, 0.4) is 0 Å². The summed E-state index contributed by atoms with van der Waals surface area (Å²) in [4.78, 5) is 16.4. The van der Waals surface area contributed by atoms with Crippen LogP contribution in [0.25, 0.3) is 0 Å². The molecular formula is C13H15BrN2O. The van der Waals surface area contributed by atoms with E-state index in [-0.39, 0.29) is 11.8 Å². The lowest BCUT2D eigenvalue weighted by atomic mass is 9.97. The number of nitrogens with one attached hydrogen (secondary N) is 1. The smallest absolute Gasteiger partial charge is 0.155 e. The van der Waals surface area contributed by atoms with Gasteiger partial charge >= 0.3 is 0 Å². The first-order valence-corrected chi connectivity index (χ1v) is 6.76. The van der Waals surface area contributed by atoms with Crippen LogP contribution in [0.15, 0.2) is 22.8 Å². The molecule has 2 fully saturated rings. The Bertz CT molecular complexity index is 476. The number of aromatic nitrogens is 1. The lowest BCUT2D eigenvalue weighted by Gasteiger charge is -2.12. The average Bonchev–Trinajstić information content (AvgIpc) is 2.77. The van der Waals surface area contributed by atoms with Gasteiger partial charge in [-0.15, -0.1) is 0 Å². The number of carbonyl (C=O) groups excluding carboxylic acids is 1. The fourth-order valence-electron chi connectivity index (χ4n) is 2.72. The van der Waals surface area contributed by atoms with E-state index in [0.717, 1.165) is 16.7 Å². The van der Waals surface area contributed by atoms with Crippen LogP contribution in [0.2, 0.25) is 0 Å². The number of fused-ring (bicyclic) bond motifs is 1. The summed E-state index contributed by atoms with van der Waals surface area (Å²) in [6.45, 7) is 2.26. The molecule has 17 heavy (non-hydrogen) atoms. The second-order valence-electron chi connectivity index (χ2n) is 5.43. The fraction of sp³-hybridized carbons (Fsp3) is 0.538. The van der Waals surface area contributed by atoms with Crippen molar-refractivity contribution in [1.29, 1.82) is 0 Å². The number of halogens is 1. The monoisotopic (exact) mass is 294 g/mol. The molecule has 3 rings (SSSR count). The summed E-state index contributed by atoms with van der Waals surface area (Å²) < 4.78 is 0.789. The second-order valence-corrected chi connectivity index (χ2v) is 6.24. The molecule has 2 aliphatic rings. The van der Waals surface area contributed by atoms with E-state index < -0.39 is 0 Å². The second kappa shape index (κ2) is 3.89. The van der Waals surface area contributed by atoms with E-state index in [1.807, 2.05) is 18.2 Å². The minimum Gasteiger partial charge on any atom is -0.304 e. The van der Waals surface area contributed by atoms with Crippen molar-refractivity contribution < 1.29 is 4.79 Å². The zero-order chi connectivity index (χ0) is 12.0. The molecular weight excluding hydrogens is 280 g/mol. The molecule has 1 saturated heterocycles. The normalized spacial score (nSPS) is 34.5. The molecule has 1 aliphatic carbocycles. The number of nitrogens with zero attached hydrogens (tertiary/aromatic N) is 1. The van der Waals surface area contributed by atoms with Gasteiger partial charge < -0.3 is 5.32 Å². The molecule has 0 aromatic carbocycles. The molecule has 0 amide bonds. The summed E-state index contributed by atoms with van der Waals surface area (Å²) in [5.74, 6) is 0.268. The summed E-state index contributed by atoms with van der Waals surface area (Å²) in [6, 6.07) is 6.31. The van der Waals surface area contributed by atoms with Crippen molar-refractivity contribution >= 4 is 21.7 Å². The maximum atomic E-state index is 12.1. The number of piperidine rings is 1. The average molecular weight is 295 g/mol. The molecule has 0 radical (unpaired) electrons. The Morgan fingerprint density at radius 1 is 1.59 bits per heavy atom. The Kier molecular flexibility index (Phi) is 2.60. The van der Waals surface area contributed by atoms with Crippen LogP contribution in [-0.4, -0.2) is 22.9 Å². The fourth-order valence-corrected chi connectivity index (χ4v) is 3.10. The zero-order valence-corrected chi connectivity index (χ0v) is 11.3. The number of pyridine rings is 1. The number of rotatable bonds is 3. The Morgan fingerprint density at radius 3 is 3.06 bits per heavy atom. The van der Waals surface area contributed by atoms with Gasteiger partial charge in [-0.25, -0.2) is 4.98 Å². The third-order valence-corrected chi connectivity index (χ3v) is 4.38. The van der Waals surface area contributed by atoms with Crippen molar-refractivity contribution in [2.24, 2.45) is 5.41 Å². The van der Waals surface area contributed by atoms with Gasteiger partial charge in [0.05, 0.1) is 12.5 Å². The summed E-state index contributed by atoms with van der Waals surface area (Å²) in [6.07, 6.45) is 2.65. The predicted octanol–water partition coefficient (Wildman–Crippen LogP) is 2.10. The van der Waals surface area contributed by atoms with Gasteiger partial charge in [-0.3, -0.25) is 4.79 Å². The maximum absolute atomic E-state index is 12.1. The molecule has 3 atom stereocenters. The molecule has 2 heterocycles. The molecule has 1 aliphatic heterocycles. The van der Waals surface area contributed by atoms with Gasteiger partial charge in [0.25, 0.3) is 0 Å². The van der Waals surface area contributed by atoms with E-state index >= 15 is 0 Å². The summed E-state index contributed by atoms with van der Waals surface area (Å²) in [5, 5.41) is 3.41. The Labute approximate surface area is 109 Å². The van der Waals surface area contributed by atoms with Gasteiger partial charge in [0.15, 0.2) is 5.78 Å². The SMILES string of the molecule is C[C@]12C[C@@H](C(=O)Cc3cccc(Br)n3)N[C@H]1C2. The largest absolute Gasteiger partial charge is 0.304 e. The highest BCUT2D eigenvalue weighted by Crippen LogP contribution is 2.54. The summed E-state index contributed by atoms with van der Waals surface area (Å²) >= 11 is 3.32. The number of carbonyl (C=O) groups is 1. The highest BCUT2D eigenvalue weighted by molar-refractivity contribution is 9.10. The van der Waals surface area contributed by atoms with Gasteiger partial charge in [-0.1, -0.05) is 13.0 Å². The molecule has 1 aromatic heterocycles. The van der Waals surface area contributed by atoms with Crippen LogP contribution < -0.4 is 5.32 Å². The first-order valence-electron chi connectivity index (χ1n) is 5.97. The zero-order valence-electron chi connectivity index (χ0n) is 9.74. The lowest BCUT2D eigenvalue weighted by Crippen LogP contribution is -2.35. The first kappa shape index (κ1) is 11.4. The van der Waals surface area contributed by atoms with Crippen molar-refractivity contribution in [3.05, 3.63) is 28.5 Å². The van der Waals surface area contributed by atoms with Gasteiger partial charge in [0.2, 0.25) is 0 Å². The minimum absolute atomic E-state index is 0.0412. The van der Waals surface area contributed by atoms with Crippen molar-refractivity contribution in [3.8, 4) is 0 Å². The standard InChI is InChI=1S/C13H15BrN2O/c1-13-6-9(16-11(13)7-13)10(17)5-8-3-2-4-12(14)15-8/h2-4,9,11,16H,5-7H2,1H3/t9-,11-,13+/m0/s1. The van der Waals surface area contributed by atoms with Crippen molar-refractivity contribution in [2.45, 2.75) is 38.3 Å². The topological polar surface area (TPSA) is 42.0 Å². The van der Waals surface area contributed by atoms with Crippen LogP contribution in [-0.2, 0) is 11.2 Å². The molecule has 0 bridgehead atoms. The van der Waals surface area contributed by atoms with E-state index in [9.17, 15) is 4.79 Å². The summed E-state index contributed by atoms with van der Waals surface area (Å²) in [7, 11) is 0. The van der Waals surface area contributed by atoms with E-state index in [0.29, 0.717) is 17.9 Å². The van der Waals surface area contributed by atoms with E-state index in [1.54, 1.807) is 0 Å². The van der Waals surface area contributed by atoms with Crippen LogP contribution in [0.4, 0.5) is 0 Å². The lowest BCUT2D eigenvalue weighted by molar-refractivity contribution is -0.120. The molecule has 0 spiro atoms. The predicted molar refractivity (Wildman–Crippen MR) is 68.7 cm³/mol. The van der Waals surface area contributed by atoms with Gasteiger partial charge in [0.1, 0.15) is 4.60 Å².